The first-order chi connectivity index (χ1) is 12.5. The number of carbonyl (C=O) groups excluding carboxylic acids is 1. The summed E-state index contributed by atoms with van der Waals surface area (Å²) in [6.45, 7) is 5.29. The minimum absolute atomic E-state index is 0.167. The van der Waals surface area contributed by atoms with Crippen molar-refractivity contribution in [2.75, 3.05) is 0 Å². The van der Waals surface area contributed by atoms with Gasteiger partial charge in [-0.1, -0.05) is 68.4 Å². The van der Waals surface area contributed by atoms with Crippen LogP contribution >= 0.6 is 0 Å². The Hall–Kier alpha value is -1.90. The highest BCUT2D eigenvalue weighted by Crippen LogP contribution is 2.01. The fourth-order valence-corrected chi connectivity index (χ4v) is 1.93. The zero-order valence-corrected chi connectivity index (χ0v) is 17.0. The quantitative estimate of drug-likeness (QED) is 0.273. The van der Waals surface area contributed by atoms with Crippen molar-refractivity contribution in [3.05, 3.63) is 48.6 Å². The lowest BCUT2D eigenvalue weighted by atomic mass is 10.2. The summed E-state index contributed by atoms with van der Waals surface area (Å²) < 4.78 is 0. The third kappa shape index (κ3) is 33.6. The number of aliphatic carboxylic acids is 1. The van der Waals surface area contributed by atoms with E-state index >= 15 is 0 Å². The predicted octanol–water partition coefficient (Wildman–Crippen LogP) is 6.81. The minimum atomic E-state index is -0.712. The van der Waals surface area contributed by atoms with Gasteiger partial charge in [-0.15, -0.1) is 0 Å². The van der Waals surface area contributed by atoms with Gasteiger partial charge < -0.3 is 9.90 Å². The normalized spacial score (nSPS) is 11.5. The first-order valence-electron chi connectivity index (χ1n) is 9.79. The van der Waals surface area contributed by atoms with Crippen LogP contribution in [0.25, 0.3) is 0 Å². The molecule has 0 saturated carbocycles. The van der Waals surface area contributed by atoms with Gasteiger partial charge in [0, 0.05) is 6.42 Å². The van der Waals surface area contributed by atoms with Crippen LogP contribution in [0.5, 0.6) is 0 Å². The van der Waals surface area contributed by atoms with Crippen LogP contribution in [0.2, 0.25) is 0 Å². The van der Waals surface area contributed by atoms with Crippen molar-refractivity contribution in [3.63, 3.8) is 0 Å². The molecule has 0 radical (unpaired) electrons. The number of hydrogen-bond donors (Lipinski definition) is 1. The van der Waals surface area contributed by atoms with E-state index in [1.54, 1.807) is 0 Å². The van der Waals surface area contributed by atoms with E-state index in [0.29, 0.717) is 0 Å². The maximum Gasteiger partial charge on any atom is 0.303 e. The van der Waals surface area contributed by atoms with Gasteiger partial charge in [0.15, 0.2) is 0 Å². The van der Waals surface area contributed by atoms with Gasteiger partial charge in [0.2, 0.25) is 0 Å². The second-order valence-electron chi connectivity index (χ2n) is 6.28. The van der Waals surface area contributed by atoms with Crippen LogP contribution in [-0.4, -0.2) is 16.9 Å². The molecule has 0 spiro atoms. The lowest BCUT2D eigenvalue weighted by Crippen LogP contribution is -1.92. The van der Waals surface area contributed by atoms with Crippen molar-refractivity contribution < 1.29 is 14.7 Å². The van der Waals surface area contributed by atoms with Crippen LogP contribution in [0.15, 0.2) is 48.6 Å². The van der Waals surface area contributed by atoms with Crippen molar-refractivity contribution >= 4 is 11.8 Å². The summed E-state index contributed by atoms with van der Waals surface area (Å²) in [6.07, 6.45) is 27.3. The maximum absolute atomic E-state index is 10.3. The number of rotatable bonds is 14. The Morgan fingerprint density at radius 3 is 1.46 bits per heavy atom. The lowest BCUT2D eigenvalue weighted by molar-refractivity contribution is -0.137. The molecule has 0 rings (SSSR count). The second-order valence-corrected chi connectivity index (χ2v) is 6.28. The smallest absolute Gasteiger partial charge is 0.303 e. The van der Waals surface area contributed by atoms with E-state index in [4.69, 9.17) is 5.11 Å². The van der Waals surface area contributed by atoms with Gasteiger partial charge in [-0.05, 0) is 58.8 Å². The zero-order valence-electron chi connectivity index (χ0n) is 17.0. The highest BCUT2D eigenvalue weighted by atomic mass is 16.4. The molecule has 0 aromatic heterocycles. The number of ketones is 1. The molecule has 148 valence electrons. The highest BCUT2D eigenvalue weighted by molar-refractivity contribution is 5.72. The van der Waals surface area contributed by atoms with Gasteiger partial charge >= 0.3 is 5.97 Å². The van der Waals surface area contributed by atoms with E-state index in [2.05, 4.69) is 55.5 Å². The first-order valence-corrected chi connectivity index (χ1v) is 9.79. The summed E-state index contributed by atoms with van der Waals surface area (Å²) in [4.78, 5) is 19.8. The van der Waals surface area contributed by atoms with Crippen LogP contribution in [0.3, 0.4) is 0 Å². The molecule has 0 aromatic rings. The number of carbonyl (C=O) groups is 2. The largest absolute Gasteiger partial charge is 0.481 e. The number of hydrogen-bond acceptors (Lipinski definition) is 2. The summed E-state index contributed by atoms with van der Waals surface area (Å²) >= 11 is 0. The van der Waals surface area contributed by atoms with E-state index < -0.39 is 5.97 Å². The molecule has 0 unspecified atom stereocenters. The minimum Gasteiger partial charge on any atom is -0.481 e. The standard InChI is InChI=1S/C20H32O2.C3H6O/c1-2-3-4-5-6-7-8-9-10-11-12-13-14-15-16-17-18-19-20(21)22;1-3(2)4/h6-7,9-10,12-13,15-16H,2-5,8,11,14,17-19H2,1H3,(H,21,22);1-2H3. The molecule has 0 fully saturated rings. The highest BCUT2D eigenvalue weighted by Gasteiger charge is 1.92. The molecule has 0 atom stereocenters. The van der Waals surface area contributed by atoms with E-state index in [9.17, 15) is 9.59 Å². The molecular weight excluding hydrogens is 324 g/mol. The van der Waals surface area contributed by atoms with Gasteiger partial charge in [0.25, 0.3) is 0 Å². The monoisotopic (exact) mass is 362 g/mol. The Morgan fingerprint density at radius 2 is 1.08 bits per heavy atom. The summed E-state index contributed by atoms with van der Waals surface area (Å²) in [7, 11) is 0. The van der Waals surface area contributed by atoms with E-state index in [-0.39, 0.29) is 12.2 Å². The zero-order chi connectivity index (χ0) is 19.9. The van der Waals surface area contributed by atoms with E-state index in [0.717, 1.165) is 32.1 Å². The molecule has 0 aliphatic carbocycles. The summed E-state index contributed by atoms with van der Waals surface area (Å²) in [6, 6.07) is 0. The summed E-state index contributed by atoms with van der Waals surface area (Å²) in [5.41, 5.74) is 0. The van der Waals surface area contributed by atoms with Gasteiger partial charge in [0.1, 0.15) is 5.78 Å². The van der Waals surface area contributed by atoms with Crippen LogP contribution in [0.4, 0.5) is 0 Å². The molecule has 1 N–H and O–H groups in total. The molecule has 26 heavy (non-hydrogen) atoms. The fourth-order valence-electron chi connectivity index (χ4n) is 1.93. The van der Waals surface area contributed by atoms with Crippen LogP contribution in [-0.2, 0) is 9.59 Å². The Labute approximate surface area is 160 Å². The number of carboxylic acid groups (broad SMARTS) is 1. The van der Waals surface area contributed by atoms with E-state index in [1.807, 2.05) is 0 Å². The fraction of sp³-hybridized carbons (Fsp3) is 0.565. The molecule has 0 bridgehead atoms. The van der Waals surface area contributed by atoms with E-state index in [1.165, 1.54) is 39.5 Å². The van der Waals surface area contributed by atoms with Gasteiger partial charge in [-0.2, -0.15) is 0 Å². The SMILES string of the molecule is CC(C)=O.CCCCCC=CCC=CCC=CCC=CCCCC(=O)O. The first kappa shape index (κ1) is 26.3. The average Bonchev–Trinajstić information content (AvgIpc) is 2.57. The maximum atomic E-state index is 10.3. The lowest BCUT2D eigenvalue weighted by Gasteiger charge is -1.90. The average molecular weight is 363 g/mol. The Balaban J connectivity index is 0. The van der Waals surface area contributed by atoms with Gasteiger partial charge in [0.05, 0.1) is 0 Å². The van der Waals surface area contributed by atoms with Crippen molar-refractivity contribution in [3.8, 4) is 0 Å². The number of carboxylic acids is 1. The van der Waals surface area contributed by atoms with Crippen LogP contribution < -0.4 is 0 Å². The molecule has 0 heterocycles. The molecule has 3 heteroatoms. The van der Waals surface area contributed by atoms with Gasteiger partial charge in [-0.3, -0.25) is 4.79 Å². The van der Waals surface area contributed by atoms with Crippen LogP contribution in [0, 0.1) is 0 Å². The van der Waals surface area contributed by atoms with Crippen molar-refractivity contribution in [1.29, 1.82) is 0 Å². The summed E-state index contributed by atoms with van der Waals surface area (Å²) in [5, 5.41) is 8.49. The number of allylic oxidation sites excluding steroid dienone is 8. The molecule has 0 aromatic carbocycles. The third-order valence-electron chi connectivity index (χ3n) is 3.22. The predicted molar refractivity (Wildman–Crippen MR) is 112 cm³/mol. The molecule has 3 nitrogen and oxygen atoms in total. The molecule has 0 amide bonds. The summed E-state index contributed by atoms with van der Waals surface area (Å²) in [5.74, 6) is -0.545. The Morgan fingerprint density at radius 1 is 0.692 bits per heavy atom. The van der Waals surface area contributed by atoms with Crippen LogP contribution in [0.1, 0.15) is 85.0 Å². The van der Waals surface area contributed by atoms with Crippen molar-refractivity contribution in [1.82, 2.24) is 0 Å². The topological polar surface area (TPSA) is 54.4 Å². The second kappa shape index (κ2) is 23.1. The number of unbranched alkanes of at least 4 members (excludes halogenated alkanes) is 4. The Bertz CT molecular complexity index is 438. The molecular formula is C23H38O3. The van der Waals surface area contributed by atoms with Crippen molar-refractivity contribution in [2.24, 2.45) is 0 Å². The molecule has 0 aliphatic heterocycles. The Kier molecular flexibility index (Phi) is 23.4. The van der Waals surface area contributed by atoms with Gasteiger partial charge in [-0.25, -0.2) is 0 Å². The third-order valence-corrected chi connectivity index (χ3v) is 3.22. The molecule has 0 saturated heterocycles. The van der Waals surface area contributed by atoms with Crippen molar-refractivity contribution in [2.45, 2.75) is 85.0 Å². The molecule has 0 aliphatic rings. The number of Topliss-reactive ketones (excluding diaryl/α,β-unsaturated/α-hetero) is 1.